The van der Waals surface area contributed by atoms with Crippen LogP contribution in [0.25, 0.3) is 0 Å². The second-order valence-electron chi connectivity index (χ2n) is 6.99. The highest BCUT2D eigenvalue weighted by atomic mass is 16.5. The zero-order valence-electron chi connectivity index (χ0n) is 12.5. The summed E-state index contributed by atoms with van der Waals surface area (Å²) in [6.07, 6.45) is 8.72. The normalized spacial score (nSPS) is 34.8. The molecule has 2 aliphatic rings. The van der Waals surface area contributed by atoms with Gasteiger partial charge >= 0.3 is 5.97 Å². The second kappa shape index (κ2) is 6.25. The molecule has 2 N–H and O–H groups in total. The summed E-state index contributed by atoms with van der Waals surface area (Å²) in [7, 11) is 0. The highest BCUT2D eigenvalue weighted by Crippen LogP contribution is 2.38. The summed E-state index contributed by atoms with van der Waals surface area (Å²) in [6.45, 7) is 4.97. The maximum atomic E-state index is 12.5. The van der Waals surface area contributed by atoms with E-state index in [9.17, 15) is 4.79 Å². The van der Waals surface area contributed by atoms with E-state index in [1.807, 2.05) is 0 Å². The third kappa shape index (κ3) is 3.50. The van der Waals surface area contributed by atoms with Gasteiger partial charge in [0, 0.05) is 6.54 Å². The van der Waals surface area contributed by atoms with E-state index < -0.39 is 0 Å². The van der Waals surface area contributed by atoms with Crippen molar-refractivity contribution in [1.82, 2.24) is 0 Å². The Balaban J connectivity index is 1.95. The van der Waals surface area contributed by atoms with Crippen molar-refractivity contribution in [2.45, 2.75) is 71.3 Å². The van der Waals surface area contributed by atoms with Gasteiger partial charge in [-0.05, 0) is 43.9 Å². The molecule has 2 fully saturated rings. The average molecular weight is 267 g/mol. The Kier molecular flexibility index (Phi) is 4.88. The number of carbonyl (C=O) groups excluding carboxylic acids is 1. The molecule has 0 bridgehead atoms. The summed E-state index contributed by atoms with van der Waals surface area (Å²) in [5.74, 6) is 1.32. The first-order valence-electron chi connectivity index (χ1n) is 7.97. The van der Waals surface area contributed by atoms with Crippen LogP contribution in [-0.2, 0) is 9.53 Å². The molecule has 0 aromatic rings. The Morgan fingerprint density at radius 1 is 1.11 bits per heavy atom. The lowest BCUT2D eigenvalue weighted by Crippen LogP contribution is -2.43. The summed E-state index contributed by atoms with van der Waals surface area (Å²) in [5, 5.41) is 0. The predicted octanol–water partition coefficient (Wildman–Crippen LogP) is 3.26. The van der Waals surface area contributed by atoms with Crippen molar-refractivity contribution in [2.24, 2.45) is 23.0 Å². The molecule has 2 aliphatic carbocycles. The molecule has 0 saturated heterocycles. The van der Waals surface area contributed by atoms with Crippen LogP contribution in [-0.4, -0.2) is 18.6 Å². The van der Waals surface area contributed by atoms with E-state index >= 15 is 0 Å². The van der Waals surface area contributed by atoms with Crippen LogP contribution in [0, 0.1) is 17.3 Å². The van der Waals surface area contributed by atoms with Gasteiger partial charge in [0.1, 0.15) is 6.10 Å². The van der Waals surface area contributed by atoms with E-state index in [0.717, 1.165) is 38.5 Å². The molecule has 2 rings (SSSR count). The summed E-state index contributed by atoms with van der Waals surface area (Å²) in [5.41, 5.74) is 5.53. The zero-order valence-corrected chi connectivity index (χ0v) is 12.5. The number of rotatable bonds is 3. The lowest BCUT2D eigenvalue weighted by atomic mass is 9.74. The molecule has 0 aromatic carbocycles. The van der Waals surface area contributed by atoms with Crippen molar-refractivity contribution in [1.29, 1.82) is 0 Å². The molecule has 2 atom stereocenters. The van der Waals surface area contributed by atoms with E-state index in [0.29, 0.717) is 18.4 Å². The monoisotopic (exact) mass is 267 g/mol. The quantitative estimate of drug-likeness (QED) is 0.798. The standard InChI is InChI=1S/C16H29NO2/c1-12-8-13(2)10-14(9-12)19-15(18)16(11-17)6-4-3-5-7-16/h12-14H,3-11,17H2,1-2H3. The molecule has 2 saturated carbocycles. The summed E-state index contributed by atoms with van der Waals surface area (Å²) in [6, 6.07) is 0. The Bertz CT molecular complexity index is 300. The van der Waals surface area contributed by atoms with Gasteiger partial charge < -0.3 is 10.5 Å². The van der Waals surface area contributed by atoms with Crippen molar-refractivity contribution in [3.05, 3.63) is 0 Å². The highest BCUT2D eigenvalue weighted by molar-refractivity contribution is 5.77. The van der Waals surface area contributed by atoms with Gasteiger partial charge in [-0.3, -0.25) is 4.79 Å². The second-order valence-corrected chi connectivity index (χ2v) is 6.99. The van der Waals surface area contributed by atoms with Gasteiger partial charge in [-0.2, -0.15) is 0 Å². The molecule has 0 aliphatic heterocycles. The van der Waals surface area contributed by atoms with Crippen LogP contribution in [0.3, 0.4) is 0 Å². The largest absolute Gasteiger partial charge is 0.462 e. The van der Waals surface area contributed by atoms with E-state index in [4.69, 9.17) is 10.5 Å². The van der Waals surface area contributed by atoms with Gasteiger partial charge in [-0.25, -0.2) is 0 Å². The van der Waals surface area contributed by atoms with Crippen molar-refractivity contribution in [3.8, 4) is 0 Å². The third-order valence-electron chi connectivity index (χ3n) is 5.04. The molecule has 3 heteroatoms. The molecule has 3 nitrogen and oxygen atoms in total. The maximum absolute atomic E-state index is 12.5. The van der Waals surface area contributed by atoms with Crippen molar-refractivity contribution in [2.75, 3.05) is 6.54 Å². The van der Waals surface area contributed by atoms with Crippen LogP contribution >= 0.6 is 0 Å². The number of nitrogens with two attached hydrogens (primary N) is 1. The lowest BCUT2D eigenvalue weighted by molar-refractivity contribution is -0.166. The number of esters is 1. The van der Waals surface area contributed by atoms with Crippen molar-refractivity contribution < 1.29 is 9.53 Å². The van der Waals surface area contributed by atoms with Crippen molar-refractivity contribution >= 4 is 5.97 Å². The zero-order chi connectivity index (χ0) is 13.9. The highest BCUT2D eigenvalue weighted by Gasteiger charge is 2.41. The fourth-order valence-electron chi connectivity index (χ4n) is 3.97. The Labute approximate surface area is 117 Å². The van der Waals surface area contributed by atoms with Crippen LogP contribution in [0.1, 0.15) is 65.2 Å². The number of carbonyl (C=O) groups is 1. The fourth-order valence-corrected chi connectivity index (χ4v) is 3.97. The summed E-state index contributed by atoms with van der Waals surface area (Å²) < 4.78 is 5.85. The Morgan fingerprint density at radius 2 is 1.68 bits per heavy atom. The van der Waals surface area contributed by atoms with E-state index in [-0.39, 0.29) is 17.5 Å². The first kappa shape index (κ1) is 14.8. The minimum Gasteiger partial charge on any atom is -0.462 e. The first-order chi connectivity index (χ1) is 9.05. The molecule has 0 heterocycles. The average Bonchev–Trinajstić information content (AvgIpc) is 2.38. The minimum atomic E-state index is -0.373. The molecule has 0 spiro atoms. The molecule has 19 heavy (non-hydrogen) atoms. The van der Waals surface area contributed by atoms with Crippen LogP contribution in [0.15, 0.2) is 0 Å². The first-order valence-corrected chi connectivity index (χ1v) is 7.97. The SMILES string of the molecule is CC1CC(C)CC(OC(=O)C2(CN)CCCCC2)C1. The van der Waals surface area contributed by atoms with Gasteiger partial charge in [0.25, 0.3) is 0 Å². The van der Waals surface area contributed by atoms with Gasteiger partial charge in [-0.1, -0.05) is 33.1 Å². The van der Waals surface area contributed by atoms with E-state index in [2.05, 4.69) is 13.8 Å². The predicted molar refractivity (Wildman–Crippen MR) is 76.6 cm³/mol. The van der Waals surface area contributed by atoms with Crippen LogP contribution in [0.4, 0.5) is 0 Å². The number of hydrogen-bond acceptors (Lipinski definition) is 3. The third-order valence-corrected chi connectivity index (χ3v) is 5.04. The number of hydrogen-bond donors (Lipinski definition) is 1. The molecule has 0 radical (unpaired) electrons. The van der Waals surface area contributed by atoms with Crippen LogP contribution < -0.4 is 5.73 Å². The Morgan fingerprint density at radius 3 is 2.21 bits per heavy atom. The van der Waals surface area contributed by atoms with Crippen LogP contribution in [0.5, 0.6) is 0 Å². The fraction of sp³-hybridized carbons (Fsp3) is 0.938. The van der Waals surface area contributed by atoms with Gasteiger partial charge in [0.05, 0.1) is 5.41 Å². The summed E-state index contributed by atoms with van der Waals surface area (Å²) in [4.78, 5) is 12.5. The minimum absolute atomic E-state index is 0.0130. The maximum Gasteiger partial charge on any atom is 0.313 e. The molecular weight excluding hydrogens is 238 g/mol. The molecular formula is C16H29NO2. The summed E-state index contributed by atoms with van der Waals surface area (Å²) >= 11 is 0. The topological polar surface area (TPSA) is 52.3 Å². The Hall–Kier alpha value is -0.570. The molecule has 2 unspecified atom stereocenters. The van der Waals surface area contributed by atoms with Gasteiger partial charge in [-0.15, -0.1) is 0 Å². The number of ether oxygens (including phenoxy) is 1. The van der Waals surface area contributed by atoms with Gasteiger partial charge in [0.15, 0.2) is 0 Å². The van der Waals surface area contributed by atoms with Gasteiger partial charge in [0.2, 0.25) is 0 Å². The molecule has 0 aromatic heterocycles. The lowest BCUT2D eigenvalue weighted by Gasteiger charge is -2.37. The van der Waals surface area contributed by atoms with E-state index in [1.165, 1.54) is 12.8 Å². The van der Waals surface area contributed by atoms with Crippen molar-refractivity contribution in [3.63, 3.8) is 0 Å². The van der Waals surface area contributed by atoms with Crippen LogP contribution in [0.2, 0.25) is 0 Å². The van der Waals surface area contributed by atoms with E-state index in [1.54, 1.807) is 0 Å². The molecule has 0 amide bonds. The molecule has 110 valence electrons. The smallest absolute Gasteiger partial charge is 0.313 e.